The summed E-state index contributed by atoms with van der Waals surface area (Å²) in [4.78, 5) is 26.7. The normalized spacial score (nSPS) is 10.2. The third-order valence-corrected chi connectivity index (χ3v) is 2.68. The van der Waals surface area contributed by atoms with Gasteiger partial charge in [-0.05, 0) is 5.56 Å². The molecular formula is C14H16N4O4. The van der Waals surface area contributed by atoms with Crippen molar-refractivity contribution in [2.75, 3.05) is 13.7 Å². The Morgan fingerprint density at radius 2 is 2.05 bits per heavy atom. The molecule has 0 radical (unpaired) electrons. The second kappa shape index (κ2) is 7.89. The van der Waals surface area contributed by atoms with Gasteiger partial charge in [0.05, 0.1) is 13.2 Å². The van der Waals surface area contributed by atoms with Gasteiger partial charge in [-0.15, -0.1) is 0 Å². The molecule has 2 aromatic rings. The first-order valence-corrected chi connectivity index (χ1v) is 6.62. The van der Waals surface area contributed by atoms with Crippen LogP contribution < -0.4 is 10.6 Å². The molecule has 1 aromatic heterocycles. The summed E-state index contributed by atoms with van der Waals surface area (Å²) in [5.41, 5.74) is 0.988. The molecule has 0 atom stereocenters. The highest BCUT2D eigenvalue weighted by atomic mass is 16.5. The lowest BCUT2D eigenvalue weighted by molar-refractivity contribution is -0.126. The van der Waals surface area contributed by atoms with E-state index >= 15 is 0 Å². The highest BCUT2D eigenvalue weighted by Gasteiger charge is 2.13. The van der Waals surface area contributed by atoms with Crippen LogP contribution >= 0.6 is 0 Å². The third-order valence-electron chi connectivity index (χ3n) is 2.68. The van der Waals surface area contributed by atoms with Crippen LogP contribution in [0.5, 0.6) is 0 Å². The van der Waals surface area contributed by atoms with Crippen LogP contribution in [0.2, 0.25) is 0 Å². The van der Waals surface area contributed by atoms with E-state index in [0.29, 0.717) is 6.61 Å². The molecule has 0 spiro atoms. The maximum Gasteiger partial charge on any atom is 0.292 e. The Bertz CT molecular complexity index is 627. The van der Waals surface area contributed by atoms with Gasteiger partial charge in [-0.2, -0.15) is 4.98 Å². The molecule has 0 aliphatic rings. The van der Waals surface area contributed by atoms with Crippen molar-refractivity contribution in [1.82, 2.24) is 20.8 Å². The van der Waals surface area contributed by atoms with Gasteiger partial charge in [0.25, 0.3) is 11.7 Å². The molecule has 0 aliphatic carbocycles. The summed E-state index contributed by atoms with van der Waals surface area (Å²) in [6.45, 7) is 0.318. The van der Waals surface area contributed by atoms with Gasteiger partial charge >= 0.3 is 0 Å². The van der Waals surface area contributed by atoms with Crippen LogP contribution in [0.1, 0.15) is 22.1 Å². The van der Waals surface area contributed by atoms with Crippen molar-refractivity contribution in [3.63, 3.8) is 0 Å². The number of hydrogen-bond acceptors (Lipinski definition) is 6. The van der Waals surface area contributed by atoms with E-state index in [1.54, 1.807) is 0 Å². The molecule has 1 aromatic carbocycles. The number of nitrogens with one attached hydrogen (secondary N) is 2. The highest BCUT2D eigenvalue weighted by Crippen LogP contribution is 2.00. The molecule has 0 unspecified atom stereocenters. The topological polar surface area (TPSA) is 106 Å². The summed E-state index contributed by atoms with van der Waals surface area (Å²) in [6, 6.07) is 9.54. The zero-order valence-corrected chi connectivity index (χ0v) is 12.0. The fourth-order valence-electron chi connectivity index (χ4n) is 1.59. The highest BCUT2D eigenvalue weighted by molar-refractivity contribution is 5.89. The van der Waals surface area contributed by atoms with E-state index < -0.39 is 5.91 Å². The predicted octanol–water partition coefficient (Wildman–Crippen LogP) is 0.262. The number of amides is 2. The Morgan fingerprint density at radius 1 is 1.27 bits per heavy atom. The van der Waals surface area contributed by atoms with E-state index in [-0.39, 0.29) is 30.8 Å². The first-order valence-electron chi connectivity index (χ1n) is 6.62. The van der Waals surface area contributed by atoms with Gasteiger partial charge in [-0.3, -0.25) is 9.59 Å². The average Bonchev–Trinajstić information content (AvgIpc) is 3.02. The van der Waals surface area contributed by atoms with E-state index in [2.05, 4.69) is 20.8 Å². The summed E-state index contributed by atoms with van der Waals surface area (Å²) in [5.74, 6) is -0.690. The van der Waals surface area contributed by atoms with Crippen molar-refractivity contribution >= 4 is 11.8 Å². The number of carbonyl (C=O) groups excluding carboxylic acids is 2. The van der Waals surface area contributed by atoms with Gasteiger partial charge in [0, 0.05) is 7.05 Å². The lowest BCUT2D eigenvalue weighted by Crippen LogP contribution is -2.27. The SMILES string of the molecule is CNC(=O)c1noc(CNC(=O)COCc2ccccc2)n1. The minimum absolute atomic E-state index is 0.0392. The van der Waals surface area contributed by atoms with Crippen molar-refractivity contribution in [1.29, 1.82) is 0 Å². The molecule has 0 saturated heterocycles. The molecule has 0 fully saturated rings. The van der Waals surface area contributed by atoms with Crippen molar-refractivity contribution in [2.24, 2.45) is 0 Å². The van der Waals surface area contributed by atoms with Crippen molar-refractivity contribution in [3.05, 3.63) is 47.6 Å². The molecule has 1 heterocycles. The summed E-state index contributed by atoms with van der Waals surface area (Å²) >= 11 is 0. The van der Waals surface area contributed by atoms with E-state index in [1.165, 1.54) is 7.05 Å². The molecule has 8 heteroatoms. The number of ether oxygens (including phenoxy) is 1. The van der Waals surface area contributed by atoms with Crippen LogP contribution in [0.4, 0.5) is 0 Å². The van der Waals surface area contributed by atoms with Gasteiger partial charge < -0.3 is 19.9 Å². The Labute approximate surface area is 126 Å². The second-order valence-electron chi connectivity index (χ2n) is 4.35. The minimum atomic E-state index is -0.451. The zero-order valence-electron chi connectivity index (χ0n) is 12.0. The van der Waals surface area contributed by atoms with Gasteiger partial charge in [0.1, 0.15) is 6.61 Å². The van der Waals surface area contributed by atoms with Gasteiger partial charge in [-0.25, -0.2) is 0 Å². The van der Waals surface area contributed by atoms with E-state index in [1.807, 2.05) is 30.3 Å². The molecule has 8 nitrogen and oxygen atoms in total. The minimum Gasteiger partial charge on any atom is -0.367 e. The van der Waals surface area contributed by atoms with E-state index in [4.69, 9.17) is 9.26 Å². The lowest BCUT2D eigenvalue weighted by atomic mass is 10.2. The van der Waals surface area contributed by atoms with Gasteiger partial charge in [0.15, 0.2) is 0 Å². The van der Waals surface area contributed by atoms with Crippen molar-refractivity contribution in [3.8, 4) is 0 Å². The number of hydrogen-bond donors (Lipinski definition) is 2. The summed E-state index contributed by atoms with van der Waals surface area (Å²) in [7, 11) is 1.46. The molecule has 0 bridgehead atoms. The molecule has 2 amide bonds. The largest absolute Gasteiger partial charge is 0.367 e. The molecule has 0 saturated carbocycles. The number of rotatable bonds is 7. The van der Waals surface area contributed by atoms with Crippen LogP contribution in [-0.4, -0.2) is 35.6 Å². The Morgan fingerprint density at radius 3 is 2.77 bits per heavy atom. The number of benzene rings is 1. The molecule has 2 N–H and O–H groups in total. The standard InChI is InChI=1S/C14H16N4O4/c1-15-14(20)13-17-12(22-18-13)7-16-11(19)9-21-8-10-5-3-2-4-6-10/h2-6H,7-9H2,1H3,(H,15,20)(H,16,19). The first-order chi connectivity index (χ1) is 10.7. The fourth-order valence-corrected chi connectivity index (χ4v) is 1.59. The molecule has 0 aliphatic heterocycles. The summed E-state index contributed by atoms with van der Waals surface area (Å²) in [5, 5.41) is 8.42. The second-order valence-corrected chi connectivity index (χ2v) is 4.35. The van der Waals surface area contributed by atoms with Crippen LogP contribution in [0.25, 0.3) is 0 Å². The van der Waals surface area contributed by atoms with E-state index in [0.717, 1.165) is 5.56 Å². The monoisotopic (exact) mass is 304 g/mol. The molecule has 2 rings (SSSR count). The quantitative estimate of drug-likeness (QED) is 0.760. The Hall–Kier alpha value is -2.74. The van der Waals surface area contributed by atoms with Crippen LogP contribution in [0.15, 0.2) is 34.9 Å². The van der Waals surface area contributed by atoms with Crippen molar-refractivity contribution in [2.45, 2.75) is 13.2 Å². The maximum atomic E-state index is 11.6. The molecule has 22 heavy (non-hydrogen) atoms. The third kappa shape index (κ3) is 4.67. The number of aromatic nitrogens is 2. The maximum absolute atomic E-state index is 11.6. The average molecular weight is 304 g/mol. The van der Waals surface area contributed by atoms with Crippen LogP contribution in [0, 0.1) is 0 Å². The predicted molar refractivity (Wildman–Crippen MR) is 75.6 cm³/mol. The fraction of sp³-hybridized carbons (Fsp3) is 0.286. The van der Waals surface area contributed by atoms with Crippen molar-refractivity contribution < 1.29 is 18.8 Å². The summed E-state index contributed by atoms with van der Waals surface area (Å²) in [6.07, 6.45) is 0. The Balaban J connectivity index is 1.69. The molecule has 116 valence electrons. The smallest absolute Gasteiger partial charge is 0.292 e. The number of nitrogens with zero attached hydrogens (tertiary/aromatic N) is 2. The van der Waals surface area contributed by atoms with Crippen LogP contribution in [-0.2, 0) is 22.7 Å². The zero-order chi connectivity index (χ0) is 15.8. The van der Waals surface area contributed by atoms with E-state index in [9.17, 15) is 9.59 Å². The number of carbonyl (C=O) groups is 2. The lowest BCUT2D eigenvalue weighted by Gasteiger charge is -2.04. The Kier molecular flexibility index (Phi) is 5.61. The summed E-state index contributed by atoms with van der Waals surface area (Å²) < 4.78 is 10.1. The van der Waals surface area contributed by atoms with Crippen LogP contribution in [0.3, 0.4) is 0 Å². The van der Waals surface area contributed by atoms with Gasteiger partial charge in [-0.1, -0.05) is 35.5 Å². The molecular weight excluding hydrogens is 288 g/mol. The van der Waals surface area contributed by atoms with Gasteiger partial charge in [0.2, 0.25) is 11.8 Å². The first kappa shape index (κ1) is 15.6.